The van der Waals surface area contributed by atoms with E-state index in [4.69, 9.17) is 34.8 Å². The van der Waals surface area contributed by atoms with Crippen molar-refractivity contribution in [3.8, 4) is 0 Å². The van der Waals surface area contributed by atoms with Crippen molar-refractivity contribution in [1.29, 1.82) is 0 Å². The summed E-state index contributed by atoms with van der Waals surface area (Å²) in [4.78, 5) is 12.4. The standard InChI is InChI=1S/C19H13Cl3N2O3S/c20-12-5-7-13(8-6-12)24-28(26,27)14-9-10-17(22)18(11-14)23-19(25)15-3-1-2-4-16(15)21/h1-11,24H,(H,23,25). The van der Waals surface area contributed by atoms with E-state index in [1.165, 1.54) is 30.3 Å². The molecule has 28 heavy (non-hydrogen) atoms. The van der Waals surface area contributed by atoms with E-state index in [1.807, 2.05) is 0 Å². The maximum atomic E-state index is 12.6. The second-order valence-electron chi connectivity index (χ2n) is 5.69. The number of carbonyl (C=O) groups is 1. The Kier molecular flexibility index (Phi) is 6.15. The van der Waals surface area contributed by atoms with Crippen LogP contribution in [0.4, 0.5) is 11.4 Å². The van der Waals surface area contributed by atoms with Crippen molar-refractivity contribution < 1.29 is 13.2 Å². The molecule has 3 aromatic rings. The number of halogens is 3. The van der Waals surface area contributed by atoms with E-state index in [0.29, 0.717) is 10.7 Å². The molecule has 0 saturated heterocycles. The zero-order chi connectivity index (χ0) is 20.3. The first-order valence-corrected chi connectivity index (χ1v) is 10.5. The highest BCUT2D eigenvalue weighted by Gasteiger charge is 2.18. The summed E-state index contributed by atoms with van der Waals surface area (Å²) < 4.78 is 27.7. The van der Waals surface area contributed by atoms with E-state index in [2.05, 4.69) is 10.0 Å². The molecular weight excluding hydrogens is 443 g/mol. The number of anilines is 2. The van der Waals surface area contributed by atoms with E-state index in [1.54, 1.807) is 36.4 Å². The zero-order valence-corrected chi connectivity index (χ0v) is 17.2. The van der Waals surface area contributed by atoms with Gasteiger partial charge in [0.2, 0.25) is 0 Å². The molecule has 0 aromatic heterocycles. The van der Waals surface area contributed by atoms with Crippen LogP contribution in [0, 0.1) is 0 Å². The maximum Gasteiger partial charge on any atom is 0.261 e. The van der Waals surface area contributed by atoms with Gasteiger partial charge in [-0.05, 0) is 54.6 Å². The van der Waals surface area contributed by atoms with Gasteiger partial charge in [0.25, 0.3) is 15.9 Å². The van der Waals surface area contributed by atoms with Crippen LogP contribution in [0.2, 0.25) is 15.1 Å². The third-order valence-electron chi connectivity index (χ3n) is 3.71. The van der Waals surface area contributed by atoms with Crippen LogP contribution in [0.3, 0.4) is 0 Å². The Balaban J connectivity index is 1.87. The Morgan fingerprint density at radius 1 is 0.821 bits per heavy atom. The average Bonchev–Trinajstić information content (AvgIpc) is 2.65. The fraction of sp³-hybridized carbons (Fsp3) is 0. The molecule has 0 bridgehead atoms. The summed E-state index contributed by atoms with van der Waals surface area (Å²) in [5.41, 5.74) is 0.736. The molecule has 3 aromatic carbocycles. The van der Waals surface area contributed by atoms with Gasteiger partial charge in [0.15, 0.2) is 0 Å². The lowest BCUT2D eigenvalue weighted by molar-refractivity contribution is 0.102. The summed E-state index contributed by atoms with van der Waals surface area (Å²) in [6.07, 6.45) is 0. The first-order valence-electron chi connectivity index (χ1n) is 7.90. The predicted octanol–water partition coefficient (Wildman–Crippen LogP) is 5.70. The summed E-state index contributed by atoms with van der Waals surface area (Å²) in [6, 6.07) is 16.7. The number of amides is 1. The lowest BCUT2D eigenvalue weighted by Crippen LogP contribution is -2.15. The van der Waals surface area contributed by atoms with Crippen LogP contribution in [-0.4, -0.2) is 14.3 Å². The number of hydrogen-bond acceptors (Lipinski definition) is 3. The van der Waals surface area contributed by atoms with Gasteiger partial charge in [-0.15, -0.1) is 0 Å². The van der Waals surface area contributed by atoms with Crippen LogP contribution in [-0.2, 0) is 10.0 Å². The van der Waals surface area contributed by atoms with Crippen molar-refractivity contribution in [3.63, 3.8) is 0 Å². The Labute approximate surface area is 177 Å². The molecule has 9 heteroatoms. The molecule has 0 aliphatic carbocycles. The highest BCUT2D eigenvalue weighted by molar-refractivity contribution is 7.92. The lowest BCUT2D eigenvalue weighted by atomic mass is 10.2. The fourth-order valence-corrected chi connectivity index (χ4v) is 3.93. The molecule has 0 aliphatic heterocycles. The molecule has 0 heterocycles. The SMILES string of the molecule is O=C(Nc1cc(S(=O)(=O)Nc2ccc(Cl)cc2)ccc1Cl)c1ccccc1Cl. The Hall–Kier alpha value is -2.25. The summed E-state index contributed by atoms with van der Waals surface area (Å²) >= 11 is 17.9. The van der Waals surface area contributed by atoms with E-state index >= 15 is 0 Å². The Morgan fingerprint density at radius 2 is 1.50 bits per heavy atom. The molecule has 0 atom stereocenters. The Bertz CT molecular complexity index is 1130. The molecule has 2 N–H and O–H groups in total. The quantitative estimate of drug-likeness (QED) is 0.518. The molecule has 0 aliphatic rings. The van der Waals surface area contributed by atoms with Gasteiger partial charge in [0.1, 0.15) is 0 Å². The minimum Gasteiger partial charge on any atom is -0.321 e. The third kappa shape index (κ3) is 4.77. The molecule has 0 unspecified atom stereocenters. The van der Waals surface area contributed by atoms with Gasteiger partial charge in [0, 0.05) is 10.7 Å². The van der Waals surface area contributed by atoms with Gasteiger partial charge in [-0.2, -0.15) is 0 Å². The van der Waals surface area contributed by atoms with Crippen LogP contribution in [0.5, 0.6) is 0 Å². The summed E-state index contributed by atoms with van der Waals surface area (Å²) in [5.74, 6) is -0.507. The average molecular weight is 456 g/mol. The monoisotopic (exact) mass is 454 g/mol. The van der Waals surface area contributed by atoms with Gasteiger partial charge >= 0.3 is 0 Å². The van der Waals surface area contributed by atoms with Gasteiger partial charge in [-0.1, -0.05) is 46.9 Å². The Morgan fingerprint density at radius 3 is 2.18 bits per heavy atom. The number of rotatable bonds is 5. The van der Waals surface area contributed by atoms with E-state index < -0.39 is 15.9 Å². The number of nitrogens with one attached hydrogen (secondary N) is 2. The molecule has 0 spiro atoms. The minimum absolute atomic E-state index is 0.0682. The zero-order valence-electron chi connectivity index (χ0n) is 14.1. The number of carbonyl (C=O) groups excluding carboxylic acids is 1. The molecule has 5 nitrogen and oxygen atoms in total. The highest BCUT2D eigenvalue weighted by Crippen LogP contribution is 2.28. The van der Waals surface area contributed by atoms with Crippen molar-refractivity contribution in [2.24, 2.45) is 0 Å². The molecule has 0 radical (unpaired) electrons. The molecule has 0 saturated carbocycles. The molecule has 0 fully saturated rings. The lowest BCUT2D eigenvalue weighted by Gasteiger charge is -2.12. The highest BCUT2D eigenvalue weighted by atomic mass is 35.5. The normalized spacial score (nSPS) is 11.1. The first-order chi connectivity index (χ1) is 13.3. The molecule has 144 valence electrons. The number of hydrogen-bond donors (Lipinski definition) is 2. The van der Waals surface area contributed by atoms with Crippen molar-refractivity contribution in [2.45, 2.75) is 4.90 Å². The van der Waals surface area contributed by atoms with Gasteiger partial charge in [0.05, 0.1) is 26.2 Å². The maximum absolute atomic E-state index is 12.6. The topological polar surface area (TPSA) is 75.3 Å². The van der Waals surface area contributed by atoms with Crippen LogP contribution in [0.25, 0.3) is 0 Å². The van der Waals surface area contributed by atoms with Crippen LogP contribution in [0.15, 0.2) is 71.6 Å². The van der Waals surface area contributed by atoms with Crippen LogP contribution < -0.4 is 10.0 Å². The van der Waals surface area contributed by atoms with Crippen molar-refractivity contribution in [1.82, 2.24) is 0 Å². The van der Waals surface area contributed by atoms with Crippen molar-refractivity contribution in [2.75, 3.05) is 10.0 Å². The first kappa shape index (κ1) is 20.5. The van der Waals surface area contributed by atoms with E-state index in [0.717, 1.165) is 0 Å². The van der Waals surface area contributed by atoms with Crippen LogP contribution >= 0.6 is 34.8 Å². The summed E-state index contributed by atoms with van der Waals surface area (Å²) in [6.45, 7) is 0. The molecular formula is C19H13Cl3N2O3S. The molecule has 1 amide bonds. The largest absolute Gasteiger partial charge is 0.321 e. The van der Waals surface area contributed by atoms with Crippen molar-refractivity contribution >= 4 is 62.1 Å². The number of benzene rings is 3. The fourth-order valence-electron chi connectivity index (χ4n) is 2.33. The third-order valence-corrected chi connectivity index (χ3v) is 6.00. The number of sulfonamides is 1. The van der Waals surface area contributed by atoms with E-state index in [-0.39, 0.29) is 26.2 Å². The van der Waals surface area contributed by atoms with Crippen LogP contribution in [0.1, 0.15) is 10.4 Å². The smallest absolute Gasteiger partial charge is 0.261 e. The van der Waals surface area contributed by atoms with Crippen molar-refractivity contribution in [3.05, 3.63) is 87.4 Å². The second kappa shape index (κ2) is 8.41. The summed E-state index contributed by atoms with van der Waals surface area (Å²) in [7, 11) is -3.90. The predicted molar refractivity (Wildman–Crippen MR) is 113 cm³/mol. The van der Waals surface area contributed by atoms with Gasteiger partial charge in [-0.3, -0.25) is 9.52 Å². The van der Waals surface area contributed by atoms with E-state index in [9.17, 15) is 13.2 Å². The second-order valence-corrected chi connectivity index (χ2v) is 8.62. The van der Waals surface area contributed by atoms with Gasteiger partial charge < -0.3 is 5.32 Å². The summed E-state index contributed by atoms with van der Waals surface area (Å²) in [5, 5.41) is 3.53. The van der Waals surface area contributed by atoms with Gasteiger partial charge in [-0.25, -0.2) is 8.42 Å². The molecule has 3 rings (SSSR count). The minimum atomic E-state index is -3.90.